The highest BCUT2D eigenvalue weighted by molar-refractivity contribution is 6.03. The van der Waals surface area contributed by atoms with Crippen molar-refractivity contribution in [3.63, 3.8) is 0 Å². The Kier molecular flexibility index (Phi) is 4.51. The molecule has 0 aliphatic carbocycles. The fourth-order valence-corrected chi connectivity index (χ4v) is 1.46. The molecule has 0 bridgehead atoms. The molecule has 0 N–H and O–H groups in total. The number of esters is 2. The van der Waals surface area contributed by atoms with E-state index in [0.29, 0.717) is 5.57 Å². The van der Waals surface area contributed by atoms with Gasteiger partial charge >= 0.3 is 11.9 Å². The van der Waals surface area contributed by atoms with Crippen LogP contribution in [0.5, 0.6) is 0 Å². The molecule has 0 amide bonds. The largest absolute Gasteiger partial charge is 0.473 e. The molecule has 0 aromatic carbocycles. The van der Waals surface area contributed by atoms with Gasteiger partial charge in [0.25, 0.3) is 0 Å². The van der Waals surface area contributed by atoms with Crippen LogP contribution in [0.1, 0.15) is 13.3 Å². The van der Waals surface area contributed by atoms with Gasteiger partial charge in [0.15, 0.2) is 0 Å². The molecule has 0 saturated heterocycles. The summed E-state index contributed by atoms with van der Waals surface area (Å²) in [6.45, 7) is 1.66. The number of hydrogen-bond donors (Lipinski definition) is 0. The maximum absolute atomic E-state index is 11.7. The molecule has 0 fully saturated rings. The van der Waals surface area contributed by atoms with Crippen LogP contribution in [0.3, 0.4) is 0 Å². The highest BCUT2D eigenvalue weighted by Gasteiger charge is 2.23. The van der Waals surface area contributed by atoms with Gasteiger partial charge in [-0.05, 0) is 18.6 Å². The average Bonchev–Trinajstić information content (AvgIpc) is 2.32. The van der Waals surface area contributed by atoms with E-state index in [1.807, 2.05) is 0 Å². The van der Waals surface area contributed by atoms with Crippen LogP contribution in [0.2, 0.25) is 0 Å². The molecule has 0 radical (unpaired) electrons. The first kappa shape index (κ1) is 13.0. The summed E-state index contributed by atoms with van der Waals surface area (Å²) in [6.07, 6.45) is 4.70. The summed E-state index contributed by atoms with van der Waals surface area (Å²) in [4.78, 5) is 23.3. The minimum absolute atomic E-state index is 0.184. The van der Waals surface area contributed by atoms with Crippen LogP contribution >= 0.6 is 0 Å². The topological polar surface area (TPSA) is 61.8 Å². The summed E-state index contributed by atoms with van der Waals surface area (Å²) < 4.78 is 14.3. The normalized spacial score (nSPS) is 24.5. The van der Waals surface area contributed by atoms with E-state index in [1.54, 1.807) is 13.0 Å². The van der Waals surface area contributed by atoms with E-state index in [-0.39, 0.29) is 17.6 Å². The Morgan fingerprint density at radius 2 is 1.88 bits per heavy atom. The molecule has 0 aromatic rings. The Morgan fingerprint density at radius 1 is 1.24 bits per heavy atom. The van der Waals surface area contributed by atoms with Gasteiger partial charge in [-0.1, -0.05) is 0 Å². The smallest absolute Gasteiger partial charge is 0.338 e. The van der Waals surface area contributed by atoms with Crippen molar-refractivity contribution in [1.29, 1.82) is 0 Å². The fourth-order valence-electron chi connectivity index (χ4n) is 1.46. The van der Waals surface area contributed by atoms with Gasteiger partial charge in [-0.25, -0.2) is 9.59 Å². The number of allylic oxidation sites excluding steroid dienone is 1. The van der Waals surface area contributed by atoms with Crippen molar-refractivity contribution in [1.82, 2.24) is 0 Å². The van der Waals surface area contributed by atoms with Gasteiger partial charge in [0, 0.05) is 6.42 Å². The molecule has 92 valence electrons. The zero-order chi connectivity index (χ0) is 12.8. The third-order valence-electron chi connectivity index (χ3n) is 2.26. The van der Waals surface area contributed by atoms with Crippen molar-refractivity contribution in [2.24, 2.45) is 0 Å². The van der Waals surface area contributed by atoms with Crippen molar-refractivity contribution in [3.05, 3.63) is 35.3 Å². The molecular formula is C12H14O5. The van der Waals surface area contributed by atoms with Crippen molar-refractivity contribution in [3.8, 4) is 0 Å². The Bertz CT molecular complexity index is 415. The summed E-state index contributed by atoms with van der Waals surface area (Å²) in [5.41, 5.74) is 0.956. The van der Waals surface area contributed by atoms with E-state index in [4.69, 9.17) is 4.74 Å². The molecule has 0 atom stereocenters. The lowest BCUT2D eigenvalue weighted by atomic mass is 9.99. The molecule has 0 saturated carbocycles. The maximum Gasteiger partial charge on any atom is 0.338 e. The van der Waals surface area contributed by atoms with E-state index < -0.39 is 11.9 Å². The third kappa shape index (κ3) is 2.96. The predicted molar refractivity (Wildman–Crippen MR) is 59.7 cm³/mol. The zero-order valence-electron chi connectivity index (χ0n) is 9.98. The summed E-state index contributed by atoms with van der Waals surface area (Å²) >= 11 is 0. The first-order chi connectivity index (χ1) is 8.11. The summed E-state index contributed by atoms with van der Waals surface area (Å²) in [6, 6.07) is 0. The molecule has 17 heavy (non-hydrogen) atoms. The van der Waals surface area contributed by atoms with Crippen molar-refractivity contribution >= 4 is 11.9 Å². The first-order valence-electron chi connectivity index (χ1n) is 4.99. The second-order valence-electron chi connectivity index (χ2n) is 3.35. The highest BCUT2D eigenvalue weighted by Crippen LogP contribution is 2.22. The number of rotatable bonds is 2. The Balaban J connectivity index is 3.33. The molecule has 0 aromatic heterocycles. The maximum atomic E-state index is 11.7. The van der Waals surface area contributed by atoms with Crippen LogP contribution in [-0.4, -0.2) is 26.2 Å². The van der Waals surface area contributed by atoms with Gasteiger partial charge in [-0.2, -0.15) is 0 Å². The van der Waals surface area contributed by atoms with Gasteiger partial charge in [0.2, 0.25) is 0 Å². The SMILES string of the molecule is COC(=O)/C1=C(C(=O)OC)/C(C)=C/O/C=C\C1. The molecule has 5 nitrogen and oxygen atoms in total. The van der Waals surface area contributed by atoms with Crippen molar-refractivity contribution < 1.29 is 23.8 Å². The van der Waals surface area contributed by atoms with Crippen LogP contribution in [0, 0.1) is 0 Å². The number of hydrogen-bond acceptors (Lipinski definition) is 5. The van der Waals surface area contributed by atoms with Gasteiger partial charge in [-0.3, -0.25) is 0 Å². The number of methoxy groups -OCH3 is 2. The predicted octanol–water partition coefficient (Wildman–Crippen LogP) is 1.47. The first-order valence-corrected chi connectivity index (χ1v) is 4.99. The van der Waals surface area contributed by atoms with Gasteiger partial charge in [0.05, 0.1) is 37.9 Å². The summed E-state index contributed by atoms with van der Waals surface area (Å²) in [7, 11) is 2.52. The monoisotopic (exact) mass is 238 g/mol. The van der Waals surface area contributed by atoms with Crippen LogP contribution in [0.15, 0.2) is 35.3 Å². The molecule has 5 heteroatoms. The van der Waals surface area contributed by atoms with E-state index >= 15 is 0 Å². The second-order valence-corrected chi connectivity index (χ2v) is 3.35. The second kappa shape index (κ2) is 5.89. The van der Waals surface area contributed by atoms with Crippen molar-refractivity contribution in [2.45, 2.75) is 13.3 Å². The Labute approximate surface area is 99.3 Å². The van der Waals surface area contributed by atoms with E-state index in [9.17, 15) is 9.59 Å². The average molecular weight is 238 g/mol. The number of carbonyl (C=O) groups excluding carboxylic acids is 2. The lowest BCUT2D eigenvalue weighted by molar-refractivity contribution is -0.139. The highest BCUT2D eigenvalue weighted by atomic mass is 16.5. The van der Waals surface area contributed by atoms with Crippen LogP contribution in [-0.2, 0) is 23.8 Å². The van der Waals surface area contributed by atoms with Crippen LogP contribution in [0.4, 0.5) is 0 Å². The van der Waals surface area contributed by atoms with Gasteiger partial charge < -0.3 is 14.2 Å². The molecular weight excluding hydrogens is 224 g/mol. The number of carbonyl (C=O) groups is 2. The lowest BCUT2D eigenvalue weighted by Crippen LogP contribution is -2.16. The Morgan fingerprint density at radius 3 is 2.47 bits per heavy atom. The third-order valence-corrected chi connectivity index (χ3v) is 2.26. The van der Waals surface area contributed by atoms with Crippen LogP contribution < -0.4 is 0 Å². The van der Waals surface area contributed by atoms with Gasteiger partial charge in [-0.15, -0.1) is 0 Å². The van der Waals surface area contributed by atoms with E-state index in [2.05, 4.69) is 9.47 Å². The number of ether oxygens (including phenoxy) is 3. The quantitative estimate of drug-likeness (QED) is 0.682. The van der Waals surface area contributed by atoms with Crippen molar-refractivity contribution in [2.75, 3.05) is 14.2 Å². The van der Waals surface area contributed by atoms with Crippen LogP contribution in [0.25, 0.3) is 0 Å². The minimum atomic E-state index is -0.585. The zero-order valence-corrected chi connectivity index (χ0v) is 9.98. The van der Waals surface area contributed by atoms with E-state index in [1.165, 1.54) is 26.7 Å². The van der Waals surface area contributed by atoms with Gasteiger partial charge in [0.1, 0.15) is 0 Å². The minimum Gasteiger partial charge on any atom is -0.473 e. The summed E-state index contributed by atoms with van der Waals surface area (Å²) in [5.74, 6) is -1.14. The fraction of sp³-hybridized carbons (Fsp3) is 0.333. The van der Waals surface area contributed by atoms with E-state index in [0.717, 1.165) is 0 Å². The molecule has 0 unspecified atom stereocenters. The molecule has 0 spiro atoms. The summed E-state index contributed by atoms with van der Waals surface area (Å²) in [5, 5.41) is 0. The lowest BCUT2D eigenvalue weighted by Gasteiger charge is -2.13. The standard InChI is InChI=1S/C12H14O5/c1-8-7-17-6-4-5-9(11(13)15-2)10(8)12(14)16-3/h4,6-7H,5H2,1-3H3/b6-4-,8-7+,10-9-. The molecule has 1 aliphatic heterocycles. The molecule has 1 heterocycles. The molecule has 1 rings (SSSR count). The molecule has 1 aliphatic rings. The Hall–Kier alpha value is -2.04.